The Bertz CT molecular complexity index is 1090. The van der Waals surface area contributed by atoms with Crippen molar-refractivity contribution in [2.75, 3.05) is 13.2 Å². The van der Waals surface area contributed by atoms with Crippen molar-refractivity contribution in [1.29, 1.82) is 0 Å². The molecule has 184 valence electrons. The second-order valence-corrected chi connectivity index (χ2v) is 10.1. The fourth-order valence-corrected chi connectivity index (χ4v) is 6.23. The summed E-state index contributed by atoms with van der Waals surface area (Å²) in [6, 6.07) is 15.5. The van der Waals surface area contributed by atoms with Crippen LogP contribution in [-0.2, 0) is 14.3 Å². The van der Waals surface area contributed by atoms with Gasteiger partial charge in [-0.15, -0.1) is 0 Å². The van der Waals surface area contributed by atoms with Crippen LogP contribution < -0.4 is 5.32 Å². The molecule has 0 bridgehead atoms. The van der Waals surface area contributed by atoms with Crippen molar-refractivity contribution in [2.24, 2.45) is 11.8 Å². The smallest absolute Gasteiger partial charge is 0.407 e. The Morgan fingerprint density at radius 1 is 1.03 bits per heavy atom. The van der Waals surface area contributed by atoms with Crippen molar-refractivity contribution in [1.82, 2.24) is 10.2 Å². The van der Waals surface area contributed by atoms with Crippen LogP contribution in [0.1, 0.15) is 56.1 Å². The Morgan fingerprint density at radius 3 is 2.31 bits per heavy atom. The number of nitrogens with one attached hydrogen (secondary N) is 1. The Kier molecular flexibility index (Phi) is 6.50. The molecule has 1 saturated heterocycles. The summed E-state index contributed by atoms with van der Waals surface area (Å²) in [5.41, 5.74) is 4.61. The van der Waals surface area contributed by atoms with E-state index in [1.165, 1.54) is 0 Å². The van der Waals surface area contributed by atoms with Crippen molar-refractivity contribution in [2.45, 2.75) is 57.0 Å². The molecule has 4 unspecified atom stereocenters. The first-order valence-electron chi connectivity index (χ1n) is 12.6. The van der Waals surface area contributed by atoms with E-state index in [0.29, 0.717) is 6.42 Å². The average Bonchev–Trinajstić information content (AvgIpc) is 3.42. The van der Waals surface area contributed by atoms with Crippen molar-refractivity contribution in [3.63, 3.8) is 0 Å². The van der Waals surface area contributed by atoms with Gasteiger partial charge in [-0.05, 0) is 47.4 Å². The second-order valence-electron chi connectivity index (χ2n) is 10.1. The third-order valence-electron chi connectivity index (χ3n) is 7.95. The van der Waals surface area contributed by atoms with Gasteiger partial charge in [0.1, 0.15) is 12.6 Å². The number of benzene rings is 2. The summed E-state index contributed by atoms with van der Waals surface area (Å²) in [5, 5.41) is 12.4. The molecule has 1 aliphatic heterocycles. The second kappa shape index (κ2) is 9.72. The summed E-state index contributed by atoms with van der Waals surface area (Å²) < 4.78 is 5.57. The van der Waals surface area contributed by atoms with E-state index in [0.717, 1.165) is 47.9 Å². The molecule has 2 amide bonds. The van der Waals surface area contributed by atoms with E-state index in [1.807, 2.05) is 24.3 Å². The third kappa shape index (κ3) is 4.40. The minimum absolute atomic E-state index is 0.00532. The van der Waals surface area contributed by atoms with Crippen molar-refractivity contribution < 1.29 is 24.2 Å². The number of rotatable bonds is 6. The summed E-state index contributed by atoms with van der Waals surface area (Å²) in [5.74, 6) is -1.44. The summed E-state index contributed by atoms with van der Waals surface area (Å²) >= 11 is 0. The first-order valence-corrected chi connectivity index (χ1v) is 12.6. The molecule has 7 nitrogen and oxygen atoms in total. The maximum atomic E-state index is 13.2. The van der Waals surface area contributed by atoms with Gasteiger partial charge in [0, 0.05) is 18.5 Å². The highest BCUT2D eigenvalue weighted by Gasteiger charge is 2.48. The van der Waals surface area contributed by atoms with Crippen LogP contribution in [0.4, 0.5) is 4.79 Å². The predicted octanol–water partition coefficient (Wildman–Crippen LogP) is 4.41. The fourth-order valence-electron chi connectivity index (χ4n) is 6.23. The molecule has 4 atom stereocenters. The number of carboxylic acid groups (broad SMARTS) is 1. The van der Waals surface area contributed by atoms with Gasteiger partial charge in [0.05, 0.1) is 5.92 Å². The number of nitrogens with zero attached hydrogens (tertiary/aromatic N) is 1. The number of hydrogen-bond donors (Lipinski definition) is 2. The molecule has 2 aromatic rings. The van der Waals surface area contributed by atoms with Crippen molar-refractivity contribution in [3.8, 4) is 11.1 Å². The summed E-state index contributed by atoms with van der Waals surface area (Å²) in [6.45, 7) is 2.05. The molecule has 0 radical (unpaired) electrons. The van der Waals surface area contributed by atoms with Gasteiger partial charge in [0.2, 0.25) is 5.91 Å². The first kappa shape index (κ1) is 23.4. The van der Waals surface area contributed by atoms with E-state index in [1.54, 1.807) is 11.8 Å². The molecule has 7 heteroatoms. The largest absolute Gasteiger partial charge is 0.480 e. The van der Waals surface area contributed by atoms with E-state index >= 15 is 0 Å². The number of carbonyl (C=O) groups is 3. The standard InChI is InChI=1S/C28H32N2O5/c1-17(26(31)30-24-13-7-2-8-18(24)14-25(30)27(32)33)15-29-28(34)35-16-23-21-11-5-3-9-19(21)20-10-4-6-12-22(20)23/h3-6,9-12,17-18,23-25H,2,7-8,13-16H2,1H3,(H,29,34)(H,32,33). The van der Waals surface area contributed by atoms with Crippen LogP contribution in [0.15, 0.2) is 48.5 Å². The molecule has 0 spiro atoms. The number of amides is 2. The topological polar surface area (TPSA) is 95.9 Å². The molecule has 2 aliphatic carbocycles. The molecule has 3 aliphatic rings. The average molecular weight is 477 g/mol. The van der Waals surface area contributed by atoms with Crippen LogP contribution in [0.25, 0.3) is 11.1 Å². The van der Waals surface area contributed by atoms with Gasteiger partial charge in [-0.1, -0.05) is 68.3 Å². The van der Waals surface area contributed by atoms with Gasteiger partial charge in [0.25, 0.3) is 0 Å². The SMILES string of the molecule is CC(CNC(=O)OCC1c2ccccc2-c2ccccc21)C(=O)N1C(C(=O)O)CC2CCCCC21. The van der Waals surface area contributed by atoms with Crippen LogP contribution in [0.2, 0.25) is 0 Å². The molecule has 2 aromatic carbocycles. The van der Waals surface area contributed by atoms with Gasteiger partial charge in [-0.3, -0.25) is 4.79 Å². The fraction of sp³-hybridized carbons (Fsp3) is 0.464. The molecule has 1 saturated carbocycles. The summed E-state index contributed by atoms with van der Waals surface area (Å²) in [4.78, 5) is 39.2. The van der Waals surface area contributed by atoms with Gasteiger partial charge in [-0.25, -0.2) is 9.59 Å². The first-order chi connectivity index (χ1) is 17.0. The van der Waals surface area contributed by atoms with Crippen molar-refractivity contribution in [3.05, 3.63) is 59.7 Å². The number of ether oxygens (including phenoxy) is 1. The number of hydrogen-bond acceptors (Lipinski definition) is 4. The molecular formula is C28H32N2O5. The quantitative estimate of drug-likeness (QED) is 0.644. The Hall–Kier alpha value is -3.35. The lowest BCUT2D eigenvalue weighted by atomic mass is 9.84. The van der Waals surface area contributed by atoms with Gasteiger partial charge in [-0.2, -0.15) is 0 Å². The number of alkyl carbamates (subject to hydrolysis) is 1. The lowest BCUT2D eigenvalue weighted by molar-refractivity contribution is -0.151. The Labute approximate surface area is 205 Å². The Morgan fingerprint density at radius 2 is 1.66 bits per heavy atom. The van der Waals surface area contributed by atoms with E-state index in [4.69, 9.17) is 4.74 Å². The maximum Gasteiger partial charge on any atom is 0.407 e. The third-order valence-corrected chi connectivity index (χ3v) is 7.95. The predicted molar refractivity (Wildman–Crippen MR) is 131 cm³/mol. The van der Waals surface area contributed by atoms with Crippen molar-refractivity contribution >= 4 is 18.0 Å². The van der Waals surface area contributed by atoms with Crippen LogP contribution in [-0.4, -0.2) is 53.2 Å². The Balaban J connectivity index is 1.18. The van der Waals surface area contributed by atoms with Crippen LogP contribution in [0.5, 0.6) is 0 Å². The zero-order chi connectivity index (χ0) is 24.5. The molecule has 35 heavy (non-hydrogen) atoms. The number of likely N-dealkylation sites (tertiary alicyclic amines) is 1. The van der Waals surface area contributed by atoms with Gasteiger partial charge < -0.3 is 20.1 Å². The highest BCUT2D eigenvalue weighted by Crippen LogP contribution is 2.44. The van der Waals surface area contributed by atoms with E-state index in [9.17, 15) is 19.5 Å². The van der Waals surface area contributed by atoms with Crippen LogP contribution in [0.3, 0.4) is 0 Å². The highest BCUT2D eigenvalue weighted by molar-refractivity contribution is 5.86. The minimum atomic E-state index is -0.940. The monoisotopic (exact) mass is 476 g/mol. The number of carbonyl (C=O) groups excluding carboxylic acids is 2. The molecule has 2 N–H and O–H groups in total. The molecule has 5 rings (SSSR count). The summed E-state index contributed by atoms with van der Waals surface area (Å²) in [6.07, 6.45) is 3.89. The van der Waals surface area contributed by atoms with Gasteiger partial charge >= 0.3 is 12.1 Å². The van der Waals surface area contributed by atoms with Gasteiger partial charge in [0.15, 0.2) is 0 Å². The van der Waals surface area contributed by atoms with E-state index in [2.05, 4.69) is 29.6 Å². The van der Waals surface area contributed by atoms with E-state index in [-0.39, 0.29) is 36.9 Å². The number of carboxylic acids is 1. The minimum Gasteiger partial charge on any atom is -0.480 e. The van der Waals surface area contributed by atoms with Crippen LogP contribution >= 0.6 is 0 Å². The zero-order valence-corrected chi connectivity index (χ0v) is 20.0. The molecule has 1 heterocycles. The highest BCUT2D eigenvalue weighted by atomic mass is 16.5. The number of fused-ring (bicyclic) bond motifs is 4. The molecular weight excluding hydrogens is 444 g/mol. The lowest BCUT2D eigenvalue weighted by Crippen LogP contribution is -2.50. The van der Waals surface area contributed by atoms with E-state index < -0.39 is 24.0 Å². The zero-order valence-electron chi connectivity index (χ0n) is 20.0. The molecule has 2 fully saturated rings. The van der Waals surface area contributed by atoms with Crippen LogP contribution in [0, 0.1) is 11.8 Å². The molecule has 0 aromatic heterocycles. The number of aliphatic carboxylic acids is 1. The lowest BCUT2D eigenvalue weighted by Gasteiger charge is -2.34. The summed E-state index contributed by atoms with van der Waals surface area (Å²) in [7, 11) is 0. The normalized spacial score (nSPS) is 23.7. The maximum absolute atomic E-state index is 13.2.